The van der Waals surface area contributed by atoms with Crippen molar-refractivity contribution in [2.75, 3.05) is 18.2 Å². The summed E-state index contributed by atoms with van der Waals surface area (Å²) in [6, 6.07) is 10.9. The molecule has 0 aromatic heterocycles. The van der Waals surface area contributed by atoms with Crippen LogP contribution in [0.3, 0.4) is 0 Å². The molecule has 0 spiro atoms. The number of nitrogen functional groups attached to an aromatic ring is 1. The molecule has 0 atom stereocenters. The summed E-state index contributed by atoms with van der Waals surface area (Å²) in [6.45, 7) is 0. The van der Waals surface area contributed by atoms with Crippen LogP contribution in [-0.4, -0.2) is 13.1 Å². The van der Waals surface area contributed by atoms with E-state index in [0.717, 1.165) is 6.07 Å². The predicted octanol–water partition coefficient (Wildman–Crippen LogP) is 2.81. The first kappa shape index (κ1) is 14.3. The Balaban J connectivity index is 2.45. The second-order valence-corrected chi connectivity index (χ2v) is 4.19. The Morgan fingerprint density at radius 2 is 2.05 bits per heavy atom. The Bertz CT molecular complexity index is 738. The topological polar surface area (TPSA) is 88.1 Å². The molecule has 21 heavy (non-hydrogen) atoms. The quantitative estimate of drug-likeness (QED) is 0.668. The highest BCUT2D eigenvalue weighted by molar-refractivity contribution is 5.96. The van der Waals surface area contributed by atoms with Gasteiger partial charge in [-0.05, 0) is 24.3 Å². The van der Waals surface area contributed by atoms with Crippen LogP contribution in [0.25, 0.3) is 0 Å². The fourth-order valence-electron chi connectivity index (χ4n) is 1.81. The van der Waals surface area contributed by atoms with Crippen LogP contribution in [0.5, 0.6) is 0 Å². The van der Waals surface area contributed by atoms with Gasteiger partial charge in [0.25, 0.3) is 0 Å². The highest BCUT2D eigenvalue weighted by atomic mass is 19.1. The van der Waals surface area contributed by atoms with E-state index >= 15 is 0 Å². The Morgan fingerprint density at radius 1 is 1.33 bits per heavy atom. The number of para-hydroxylation sites is 1. The minimum absolute atomic E-state index is 0.0153. The summed E-state index contributed by atoms with van der Waals surface area (Å²) in [4.78, 5) is 11.6. The summed E-state index contributed by atoms with van der Waals surface area (Å²) in [7, 11) is 1.21. The number of ether oxygens (including phenoxy) is 1. The number of nitrogens with zero attached hydrogens (tertiary/aromatic N) is 1. The van der Waals surface area contributed by atoms with Crippen molar-refractivity contribution in [3.05, 3.63) is 53.3 Å². The maximum absolute atomic E-state index is 13.9. The van der Waals surface area contributed by atoms with Crippen LogP contribution >= 0.6 is 0 Å². The fourth-order valence-corrected chi connectivity index (χ4v) is 1.81. The van der Waals surface area contributed by atoms with Gasteiger partial charge in [0, 0.05) is 5.69 Å². The van der Waals surface area contributed by atoms with Crippen LogP contribution in [0, 0.1) is 17.1 Å². The van der Waals surface area contributed by atoms with Gasteiger partial charge in [0.15, 0.2) is 0 Å². The lowest BCUT2D eigenvalue weighted by Crippen LogP contribution is -2.08. The molecule has 0 unspecified atom stereocenters. The molecule has 0 saturated heterocycles. The number of hydrogen-bond acceptors (Lipinski definition) is 5. The summed E-state index contributed by atoms with van der Waals surface area (Å²) in [6.07, 6.45) is 0. The lowest BCUT2D eigenvalue weighted by Gasteiger charge is -2.12. The van der Waals surface area contributed by atoms with Crippen molar-refractivity contribution in [1.82, 2.24) is 0 Å². The van der Waals surface area contributed by atoms with Crippen LogP contribution in [0.1, 0.15) is 15.9 Å². The van der Waals surface area contributed by atoms with E-state index in [4.69, 9.17) is 11.0 Å². The average Bonchev–Trinajstić information content (AvgIpc) is 2.49. The van der Waals surface area contributed by atoms with Gasteiger partial charge in [-0.25, -0.2) is 9.18 Å². The van der Waals surface area contributed by atoms with Gasteiger partial charge >= 0.3 is 5.97 Å². The van der Waals surface area contributed by atoms with Gasteiger partial charge in [0.1, 0.15) is 11.9 Å². The lowest BCUT2D eigenvalue weighted by molar-refractivity contribution is 0.0602. The predicted molar refractivity (Wildman–Crippen MR) is 76.6 cm³/mol. The second-order valence-electron chi connectivity index (χ2n) is 4.19. The van der Waals surface area contributed by atoms with Gasteiger partial charge in [-0.1, -0.05) is 12.1 Å². The zero-order chi connectivity index (χ0) is 15.4. The van der Waals surface area contributed by atoms with E-state index < -0.39 is 11.8 Å². The molecule has 0 radical (unpaired) electrons. The zero-order valence-corrected chi connectivity index (χ0v) is 11.2. The van der Waals surface area contributed by atoms with Crippen LogP contribution < -0.4 is 11.1 Å². The molecule has 0 saturated carbocycles. The molecule has 0 aliphatic heterocycles. The van der Waals surface area contributed by atoms with E-state index in [-0.39, 0.29) is 16.9 Å². The third-order valence-electron chi connectivity index (χ3n) is 2.86. The second kappa shape index (κ2) is 5.92. The molecule has 3 N–H and O–H groups in total. The van der Waals surface area contributed by atoms with Crippen LogP contribution in [0.4, 0.5) is 21.5 Å². The highest BCUT2D eigenvalue weighted by Crippen LogP contribution is 2.27. The highest BCUT2D eigenvalue weighted by Gasteiger charge is 2.15. The minimum Gasteiger partial charge on any atom is -0.465 e. The van der Waals surface area contributed by atoms with Gasteiger partial charge < -0.3 is 15.8 Å². The van der Waals surface area contributed by atoms with Crippen molar-refractivity contribution in [3.8, 4) is 6.07 Å². The molecule has 0 amide bonds. The molecular formula is C15H12FN3O2. The normalized spacial score (nSPS) is 9.76. The van der Waals surface area contributed by atoms with Crippen molar-refractivity contribution >= 4 is 23.0 Å². The number of nitrogens with two attached hydrogens (primary N) is 1. The number of halogens is 1. The number of carbonyl (C=O) groups excluding carboxylic acids is 1. The Kier molecular flexibility index (Phi) is 4.05. The molecule has 0 aliphatic carbocycles. The van der Waals surface area contributed by atoms with Crippen molar-refractivity contribution < 1.29 is 13.9 Å². The van der Waals surface area contributed by atoms with Gasteiger partial charge in [0.2, 0.25) is 0 Å². The largest absolute Gasteiger partial charge is 0.465 e. The van der Waals surface area contributed by atoms with Crippen molar-refractivity contribution in [2.45, 2.75) is 0 Å². The Hall–Kier alpha value is -3.07. The first-order chi connectivity index (χ1) is 10.1. The number of hydrogen-bond donors (Lipinski definition) is 2. The average molecular weight is 285 g/mol. The number of esters is 1. The number of nitriles is 1. The number of carbonyl (C=O) groups is 1. The van der Waals surface area contributed by atoms with Crippen LogP contribution in [0.15, 0.2) is 36.4 Å². The third kappa shape index (κ3) is 2.92. The summed E-state index contributed by atoms with van der Waals surface area (Å²) >= 11 is 0. The lowest BCUT2D eigenvalue weighted by atomic mass is 10.1. The van der Waals surface area contributed by atoms with Gasteiger partial charge in [0.05, 0.1) is 29.6 Å². The van der Waals surface area contributed by atoms with E-state index in [9.17, 15) is 9.18 Å². The first-order valence-corrected chi connectivity index (χ1v) is 6.00. The molecule has 0 bridgehead atoms. The molecule has 0 fully saturated rings. The summed E-state index contributed by atoms with van der Waals surface area (Å²) in [5, 5.41) is 11.8. The van der Waals surface area contributed by atoms with Crippen molar-refractivity contribution in [2.24, 2.45) is 0 Å². The van der Waals surface area contributed by atoms with E-state index in [2.05, 4.69) is 10.1 Å². The molecule has 2 rings (SSSR count). The molecular weight excluding hydrogens is 273 g/mol. The molecule has 106 valence electrons. The number of nitrogens with one attached hydrogen (secondary N) is 1. The van der Waals surface area contributed by atoms with E-state index in [1.807, 2.05) is 6.07 Å². The summed E-state index contributed by atoms with van der Waals surface area (Å²) < 4.78 is 18.5. The monoisotopic (exact) mass is 285 g/mol. The Labute approximate surface area is 120 Å². The van der Waals surface area contributed by atoms with Gasteiger partial charge in [-0.15, -0.1) is 0 Å². The first-order valence-electron chi connectivity index (χ1n) is 6.00. The van der Waals surface area contributed by atoms with Gasteiger partial charge in [-0.3, -0.25) is 0 Å². The van der Waals surface area contributed by atoms with Crippen molar-refractivity contribution in [3.63, 3.8) is 0 Å². The maximum Gasteiger partial charge on any atom is 0.340 e. The summed E-state index contributed by atoms with van der Waals surface area (Å²) in [5.41, 5.74) is 6.45. The number of anilines is 3. The summed E-state index contributed by atoms with van der Waals surface area (Å²) in [5.74, 6) is -1.29. The third-order valence-corrected chi connectivity index (χ3v) is 2.86. The molecule has 6 heteroatoms. The molecule has 0 heterocycles. The number of rotatable bonds is 3. The van der Waals surface area contributed by atoms with Crippen molar-refractivity contribution in [1.29, 1.82) is 5.26 Å². The van der Waals surface area contributed by atoms with E-state index in [0.29, 0.717) is 11.3 Å². The minimum atomic E-state index is -0.663. The molecule has 2 aromatic rings. The van der Waals surface area contributed by atoms with Crippen LogP contribution in [-0.2, 0) is 4.74 Å². The maximum atomic E-state index is 13.9. The number of methoxy groups -OCH3 is 1. The SMILES string of the molecule is COC(=O)c1cc(Nc2ccccc2C#N)c(F)cc1N. The molecule has 2 aromatic carbocycles. The number of benzene rings is 2. The van der Waals surface area contributed by atoms with Crippen LogP contribution in [0.2, 0.25) is 0 Å². The smallest absolute Gasteiger partial charge is 0.340 e. The molecule has 5 nitrogen and oxygen atoms in total. The molecule has 0 aliphatic rings. The van der Waals surface area contributed by atoms with E-state index in [1.54, 1.807) is 24.3 Å². The standard InChI is InChI=1S/C15H12FN3O2/c1-21-15(20)10-6-14(11(16)7-12(10)18)19-13-5-3-2-4-9(13)8-17/h2-7,19H,18H2,1H3. The zero-order valence-electron chi connectivity index (χ0n) is 11.2. The van der Waals surface area contributed by atoms with Gasteiger partial charge in [-0.2, -0.15) is 5.26 Å². The Morgan fingerprint density at radius 3 is 2.71 bits per heavy atom. The fraction of sp³-hybridized carbons (Fsp3) is 0.0667. The van der Waals surface area contributed by atoms with E-state index in [1.165, 1.54) is 13.2 Å².